The van der Waals surface area contributed by atoms with Gasteiger partial charge in [-0.25, -0.2) is 0 Å². The molecule has 0 unspecified atom stereocenters. The van der Waals surface area contributed by atoms with Gasteiger partial charge in [0.1, 0.15) is 17.9 Å². The number of rotatable bonds is 6. The van der Waals surface area contributed by atoms with Gasteiger partial charge in [0.05, 0.1) is 25.2 Å². The predicted octanol–water partition coefficient (Wildman–Crippen LogP) is 1.80. The average molecular weight is 553 g/mol. The molecule has 5 rings (SSSR count). The summed E-state index contributed by atoms with van der Waals surface area (Å²) in [5.41, 5.74) is 2.33. The Hall–Kier alpha value is -4.64. The van der Waals surface area contributed by atoms with Gasteiger partial charge in [-0.1, -0.05) is 53.2 Å². The van der Waals surface area contributed by atoms with Crippen LogP contribution in [0.1, 0.15) is 34.6 Å². The predicted molar refractivity (Wildman–Crippen MR) is 153 cm³/mol. The van der Waals surface area contributed by atoms with Crippen molar-refractivity contribution < 1.29 is 18.8 Å². The fourth-order valence-electron chi connectivity index (χ4n) is 4.82. The van der Waals surface area contributed by atoms with E-state index in [1.54, 1.807) is 20.0 Å². The number of hydrogen-bond acceptors (Lipinski definition) is 8. The lowest BCUT2D eigenvalue weighted by Crippen LogP contribution is -2.53. The van der Waals surface area contributed by atoms with Gasteiger partial charge in [0.25, 0.3) is 17.6 Å². The lowest BCUT2D eigenvalue weighted by molar-refractivity contribution is -0.121. The number of fused-ring (bicyclic) bond motifs is 1. The van der Waals surface area contributed by atoms with Gasteiger partial charge >= 0.3 is 0 Å². The van der Waals surface area contributed by atoms with Crippen molar-refractivity contribution in [3.63, 3.8) is 0 Å². The van der Waals surface area contributed by atoms with E-state index in [9.17, 15) is 9.59 Å². The Balaban J connectivity index is 1.22. The molecule has 2 atom stereocenters. The smallest absolute Gasteiger partial charge is 0.293 e. The number of benzene rings is 2. The van der Waals surface area contributed by atoms with Gasteiger partial charge in [0.15, 0.2) is 0 Å². The summed E-state index contributed by atoms with van der Waals surface area (Å²) in [7, 11) is 1.65. The molecular weight excluding hydrogens is 520 g/mol. The highest BCUT2D eigenvalue weighted by Gasteiger charge is 2.36. The number of nitrogens with zero attached hydrogens (tertiary/aromatic N) is 5. The van der Waals surface area contributed by atoms with Crippen molar-refractivity contribution in [3.05, 3.63) is 71.4 Å². The lowest BCUT2D eigenvalue weighted by Gasteiger charge is -2.32. The monoisotopic (exact) mass is 552 g/mol. The molecule has 3 aromatic rings. The van der Waals surface area contributed by atoms with Crippen LogP contribution in [-0.4, -0.2) is 90.2 Å². The molecule has 0 bridgehead atoms. The third-order valence-corrected chi connectivity index (χ3v) is 7.17. The molecule has 0 aliphatic carbocycles. The zero-order valence-electron chi connectivity index (χ0n) is 23.2. The number of ether oxygens (including phenoxy) is 1. The van der Waals surface area contributed by atoms with Crippen molar-refractivity contribution in [2.24, 2.45) is 0 Å². The number of likely N-dealkylation sites (N-methyl/N-ethyl adjacent to an activating group) is 1. The zero-order chi connectivity index (χ0) is 28.8. The highest BCUT2D eigenvalue weighted by atomic mass is 16.5. The number of carbonyl (C=O) groups excluding carboxylic acids is 2. The second-order valence-electron chi connectivity index (χ2n) is 10.1. The van der Waals surface area contributed by atoms with E-state index < -0.39 is 18.1 Å². The number of amides is 2. The summed E-state index contributed by atoms with van der Waals surface area (Å²) in [4.78, 5) is 36.6. The maximum Gasteiger partial charge on any atom is 0.293 e. The Morgan fingerprint density at radius 1 is 1.10 bits per heavy atom. The highest BCUT2D eigenvalue weighted by molar-refractivity contribution is 6.02. The van der Waals surface area contributed by atoms with Gasteiger partial charge in [0, 0.05) is 38.8 Å². The third-order valence-electron chi connectivity index (χ3n) is 7.17. The number of piperazine rings is 1. The highest BCUT2D eigenvalue weighted by Crippen LogP contribution is 2.33. The first-order chi connectivity index (χ1) is 19.9. The van der Waals surface area contributed by atoms with Crippen LogP contribution in [0.3, 0.4) is 0 Å². The third kappa shape index (κ3) is 6.75. The minimum atomic E-state index is -0.960. The molecule has 10 nitrogen and oxygen atoms in total. The first kappa shape index (κ1) is 27.9. The number of anilines is 1. The Kier molecular flexibility index (Phi) is 8.64. The molecule has 1 aromatic heterocycles. The minimum absolute atomic E-state index is 0.143. The van der Waals surface area contributed by atoms with E-state index in [-0.39, 0.29) is 11.7 Å². The van der Waals surface area contributed by atoms with Gasteiger partial charge in [-0.2, -0.15) is 4.98 Å². The maximum absolute atomic E-state index is 13.4. The van der Waals surface area contributed by atoms with Crippen LogP contribution in [0.15, 0.2) is 53.1 Å². The van der Waals surface area contributed by atoms with Gasteiger partial charge in [-0.05, 0) is 30.7 Å². The summed E-state index contributed by atoms with van der Waals surface area (Å²) in [6.45, 7) is 6.79. The number of terminal acetylenes is 1. The second-order valence-corrected chi connectivity index (χ2v) is 10.1. The minimum Gasteiger partial charge on any atom is -0.486 e. The molecule has 1 fully saturated rings. The van der Waals surface area contributed by atoms with Crippen molar-refractivity contribution in [2.75, 3.05) is 51.2 Å². The summed E-state index contributed by atoms with van der Waals surface area (Å²) < 4.78 is 11.4. The zero-order valence-corrected chi connectivity index (χ0v) is 23.2. The molecule has 1 N–H and O–H groups in total. The van der Waals surface area contributed by atoms with Crippen LogP contribution in [0.4, 0.5) is 5.69 Å². The summed E-state index contributed by atoms with van der Waals surface area (Å²) >= 11 is 0. The van der Waals surface area contributed by atoms with Gasteiger partial charge in [-0.15, -0.1) is 6.42 Å². The van der Waals surface area contributed by atoms with Crippen molar-refractivity contribution in [1.82, 2.24) is 25.3 Å². The van der Waals surface area contributed by atoms with E-state index in [4.69, 9.17) is 15.7 Å². The number of hydrogen-bond donors (Lipinski definition) is 1. The Morgan fingerprint density at radius 3 is 2.56 bits per heavy atom. The number of nitrogens with one attached hydrogen (secondary N) is 1. The molecule has 0 radical (unpaired) electrons. The molecule has 0 spiro atoms. The fourth-order valence-corrected chi connectivity index (χ4v) is 4.82. The molecular formula is C31H32N6O4. The molecule has 41 heavy (non-hydrogen) atoms. The lowest BCUT2D eigenvalue weighted by atomic mass is 10.1. The molecule has 10 heteroatoms. The SMILES string of the molecule is C#CCN1CCN(CC#Cc2ccc3c(c2)N(C)C(=O)[C@@H](NC(=O)c2noc(Cc4ccccc4)n2)[C@@H](C)O3)CC1. The van der Waals surface area contributed by atoms with Crippen LogP contribution in [0.5, 0.6) is 5.75 Å². The molecule has 2 aliphatic rings. The van der Waals surface area contributed by atoms with Crippen LogP contribution < -0.4 is 15.0 Å². The van der Waals surface area contributed by atoms with Crippen LogP contribution in [-0.2, 0) is 11.2 Å². The molecule has 2 amide bonds. The first-order valence-corrected chi connectivity index (χ1v) is 13.5. The molecule has 2 aliphatic heterocycles. The Labute approximate surface area is 239 Å². The van der Waals surface area contributed by atoms with Crippen LogP contribution in [0, 0.1) is 24.2 Å². The summed E-state index contributed by atoms with van der Waals surface area (Å²) in [5.74, 6) is 8.89. The van der Waals surface area contributed by atoms with Gasteiger partial charge < -0.3 is 19.5 Å². The Morgan fingerprint density at radius 2 is 1.83 bits per heavy atom. The molecule has 1 saturated heterocycles. The van der Waals surface area contributed by atoms with E-state index in [0.29, 0.717) is 36.8 Å². The summed E-state index contributed by atoms with van der Waals surface area (Å²) in [6.07, 6.45) is 5.17. The van der Waals surface area contributed by atoms with Crippen LogP contribution in [0.25, 0.3) is 0 Å². The van der Waals surface area contributed by atoms with Crippen molar-refractivity contribution >= 4 is 17.5 Å². The number of aromatic nitrogens is 2. The quantitative estimate of drug-likeness (QED) is 0.462. The van der Waals surface area contributed by atoms with E-state index in [0.717, 1.165) is 37.3 Å². The van der Waals surface area contributed by atoms with Crippen LogP contribution >= 0.6 is 0 Å². The van der Waals surface area contributed by atoms with E-state index >= 15 is 0 Å². The standard InChI is InChI=1S/C31H32N6O4/c1-4-14-36-16-18-37(19-17-36)15-8-11-24-12-13-26-25(20-24)35(3)31(39)28(22(2)40-26)33-30(38)29-32-27(41-34-29)21-23-9-6-5-7-10-23/h1,5-7,9-10,12-13,20,22,28H,14-19,21H2,2-3H3,(H,33,38)/t22-,28+/m1/s1. The molecule has 2 aromatic carbocycles. The fraction of sp³-hybridized carbons (Fsp3) is 0.355. The molecule has 210 valence electrons. The van der Waals surface area contributed by atoms with Gasteiger partial charge in [0.2, 0.25) is 5.89 Å². The van der Waals surface area contributed by atoms with E-state index in [2.05, 4.69) is 43.0 Å². The molecule has 0 saturated carbocycles. The first-order valence-electron chi connectivity index (χ1n) is 13.5. The van der Waals surface area contributed by atoms with Crippen molar-refractivity contribution in [1.29, 1.82) is 0 Å². The second kappa shape index (κ2) is 12.7. The molecule has 3 heterocycles. The normalized spacial score (nSPS) is 19.2. The number of carbonyl (C=O) groups is 2. The largest absolute Gasteiger partial charge is 0.486 e. The Bertz CT molecular complexity index is 1490. The summed E-state index contributed by atoms with van der Waals surface area (Å²) in [6, 6.07) is 14.1. The topological polar surface area (TPSA) is 104 Å². The van der Waals surface area contributed by atoms with Gasteiger partial charge in [-0.3, -0.25) is 19.4 Å². The van der Waals surface area contributed by atoms with E-state index in [1.807, 2.05) is 42.5 Å². The van der Waals surface area contributed by atoms with Crippen molar-refractivity contribution in [2.45, 2.75) is 25.5 Å². The average Bonchev–Trinajstić information content (AvgIpc) is 3.43. The summed E-state index contributed by atoms with van der Waals surface area (Å²) in [5, 5.41) is 6.53. The van der Waals surface area contributed by atoms with Crippen molar-refractivity contribution in [3.8, 4) is 29.9 Å². The van der Waals surface area contributed by atoms with Crippen LogP contribution in [0.2, 0.25) is 0 Å². The van der Waals surface area contributed by atoms with E-state index in [1.165, 1.54) is 4.90 Å². The maximum atomic E-state index is 13.4.